The van der Waals surface area contributed by atoms with E-state index in [9.17, 15) is 9.59 Å². The summed E-state index contributed by atoms with van der Waals surface area (Å²) in [7, 11) is 0. The maximum Gasteiger partial charge on any atom is 0.338 e. The van der Waals surface area contributed by atoms with Crippen LogP contribution in [0, 0.1) is 0 Å². The lowest BCUT2D eigenvalue weighted by molar-refractivity contribution is 0.244. The summed E-state index contributed by atoms with van der Waals surface area (Å²) in [6, 6.07) is 5.39. The second-order valence-electron chi connectivity index (χ2n) is 4.49. The molecule has 4 rings (SSSR count). The minimum Gasteiger partial charge on any atom is -0.306 e. The zero-order valence-corrected chi connectivity index (χ0v) is 13.3. The second-order valence-corrected chi connectivity index (χ2v) is 5.41. The van der Waals surface area contributed by atoms with Gasteiger partial charge in [-0.15, -0.1) is 0 Å². The van der Waals surface area contributed by atoms with E-state index in [-0.39, 0.29) is 11.7 Å². The van der Waals surface area contributed by atoms with Gasteiger partial charge in [-0.1, -0.05) is 15.9 Å². The van der Waals surface area contributed by atoms with Crippen molar-refractivity contribution in [2.45, 2.75) is 0 Å². The number of aromatic amines is 2. The van der Waals surface area contributed by atoms with Crippen LogP contribution in [-0.2, 0) is 0 Å². The molecule has 0 bridgehead atoms. The third kappa shape index (κ3) is 3.46. The van der Waals surface area contributed by atoms with Crippen molar-refractivity contribution in [3.05, 3.63) is 70.6 Å². The summed E-state index contributed by atoms with van der Waals surface area (Å²) in [6.07, 6.45) is 9.17. The molecule has 8 nitrogen and oxygen atoms in total. The molecule has 0 saturated carbocycles. The van der Waals surface area contributed by atoms with Gasteiger partial charge < -0.3 is 9.97 Å². The molecule has 0 radical (unpaired) electrons. The molecule has 0 unspecified atom stereocenters. The van der Waals surface area contributed by atoms with Crippen LogP contribution >= 0.6 is 15.9 Å². The van der Waals surface area contributed by atoms with Gasteiger partial charge in [0.15, 0.2) is 0 Å². The fraction of sp³-hybridized carbons (Fsp3) is 0. The number of benzene rings is 1. The Hall–Kier alpha value is -2.94. The van der Waals surface area contributed by atoms with Gasteiger partial charge in [-0.05, 0) is 18.2 Å². The van der Waals surface area contributed by atoms with Crippen LogP contribution in [0.2, 0.25) is 0 Å². The van der Waals surface area contributed by atoms with Gasteiger partial charge in [0.1, 0.15) is 12.7 Å². The molecule has 0 fully saturated rings. The van der Waals surface area contributed by atoms with Crippen LogP contribution in [0.1, 0.15) is 0 Å². The normalized spacial score (nSPS) is 10.3. The van der Waals surface area contributed by atoms with Crippen LogP contribution in [-0.4, -0.2) is 35.1 Å². The predicted octanol–water partition coefficient (Wildman–Crippen LogP) is 2.21. The molecule has 0 aliphatic rings. The largest absolute Gasteiger partial charge is 0.338 e. The Balaban J connectivity index is 0.000000136. The molecule has 0 saturated heterocycles. The smallest absolute Gasteiger partial charge is 0.306 e. The van der Waals surface area contributed by atoms with Crippen molar-refractivity contribution < 1.29 is 4.79 Å². The number of aromatic nitrogens is 6. The van der Waals surface area contributed by atoms with Gasteiger partial charge in [0, 0.05) is 29.3 Å². The van der Waals surface area contributed by atoms with Crippen molar-refractivity contribution in [1.29, 1.82) is 0 Å². The first-order valence-electron chi connectivity index (χ1n) is 6.51. The van der Waals surface area contributed by atoms with E-state index >= 15 is 0 Å². The summed E-state index contributed by atoms with van der Waals surface area (Å²) in [5.41, 5.74) is 1.49. The Labute approximate surface area is 137 Å². The minimum atomic E-state index is -0.190. The van der Waals surface area contributed by atoms with Crippen molar-refractivity contribution in [3.63, 3.8) is 0 Å². The molecular weight excluding hydrogens is 364 g/mol. The molecule has 0 amide bonds. The average molecular weight is 375 g/mol. The van der Waals surface area contributed by atoms with Gasteiger partial charge in [0.25, 0.3) is 0 Å². The number of nitrogens with one attached hydrogen (secondary N) is 2. The first-order valence-corrected chi connectivity index (χ1v) is 7.31. The quantitative estimate of drug-likeness (QED) is 0.492. The van der Waals surface area contributed by atoms with Gasteiger partial charge in [0.05, 0.1) is 11.0 Å². The van der Waals surface area contributed by atoms with E-state index < -0.39 is 0 Å². The Morgan fingerprint density at radius 3 is 2.17 bits per heavy atom. The molecule has 23 heavy (non-hydrogen) atoms. The molecule has 3 heterocycles. The molecule has 9 heteroatoms. The number of fused-ring (bicyclic) bond motifs is 1. The second kappa shape index (κ2) is 6.44. The van der Waals surface area contributed by atoms with E-state index in [2.05, 4.69) is 35.9 Å². The number of nitrogens with zero attached hydrogens (tertiary/aromatic N) is 4. The van der Waals surface area contributed by atoms with Crippen molar-refractivity contribution >= 4 is 33.0 Å². The third-order valence-electron chi connectivity index (χ3n) is 2.93. The highest BCUT2D eigenvalue weighted by molar-refractivity contribution is 9.10. The molecule has 1 aromatic carbocycles. The Kier molecular flexibility index (Phi) is 4.20. The first-order chi connectivity index (χ1) is 11.1. The highest BCUT2D eigenvalue weighted by Gasteiger charge is 2.03. The summed E-state index contributed by atoms with van der Waals surface area (Å²) in [4.78, 5) is 35.0. The number of hydrogen-bond donors (Lipinski definition) is 2. The Bertz CT molecular complexity index is 932. The SMILES string of the molecule is O=C(n1ccnc1)n1ccnc1.O=c1[nH]c2ccc(Br)cc2[nH]1. The molecule has 3 aromatic heterocycles. The van der Waals surface area contributed by atoms with Crippen LogP contribution in [0.15, 0.2) is 64.9 Å². The molecule has 4 aromatic rings. The van der Waals surface area contributed by atoms with Crippen LogP contribution in [0.25, 0.3) is 11.0 Å². The summed E-state index contributed by atoms with van der Waals surface area (Å²) in [5.74, 6) is 0. The topological polar surface area (TPSA) is 101 Å². The number of rotatable bonds is 0. The maximum atomic E-state index is 11.4. The number of carbonyl (C=O) groups is 1. The predicted molar refractivity (Wildman–Crippen MR) is 87.3 cm³/mol. The molecule has 2 N–H and O–H groups in total. The highest BCUT2D eigenvalue weighted by Crippen LogP contribution is 2.14. The number of H-pyrrole nitrogens is 2. The number of hydrogen-bond acceptors (Lipinski definition) is 4. The monoisotopic (exact) mass is 374 g/mol. The molecule has 0 atom stereocenters. The zero-order chi connectivity index (χ0) is 16.2. The summed E-state index contributed by atoms with van der Waals surface area (Å²) in [6.45, 7) is 0. The fourth-order valence-corrected chi connectivity index (χ4v) is 2.24. The number of carbonyl (C=O) groups excluding carboxylic acids is 1. The van der Waals surface area contributed by atoms with Crippen molar-refractivity contribution in [2.24, 2.45) is 0 Å². The summed E-state index contributed by atoms with van der Waals surface area (Å²) >= 11 is 3.31. The van der Waals surface area contributed by atoms with E-state index in [1.54, 1.807) is 24.8 Å². The average Bonchev–Trinajstić information content (AvgIpc) is 3.28. The van der Waals surface area contributed by atoms with Crippen molar-refractivity contribution in [3.8, 4) is 0 Å². The standard InChI is InChI=1S/C7H5BrN2O.C7H6N4O/c8-4-1-2-5-6(3-4)10-7(11)9-5;12-7(10-3-1-8-5-10)11-4-2-9-6-11/h1-3H,(H2,9,10,11);1-6H. The highest BCUT2D eigenvalue weighted by atomic mass is 79.9. The molecule has 116 valence electrons. The van der Waals surface area contributed by atoms with Crippen LogP contribution < -0.4 is 5.69 Å². The number of imidazole rings is 3. The summed E-state index contributed by atoms with van der Waals surface area (Å²) < 4.78 is 3.71. The van der Waals surface area contributed by atoms with Gasteiger partial charge >= 0.3 is 11.7 Å². The first kappa shape index (κ1) is 15.0. The van der Waals surface area contributed by atoms with E-state index in [0.29, 0.717) is 0 Å². The lowest BCUT2D eigenvalue weighted by atomic mass is 10.3. The lowest BCUT2D eigenvalue weighted by Gasteiger charge is -1.98. The van der Waals surface area contributed by atoms with Crippen LogP contribution in [0.3, 0.4) is 0 Å². The van der Waals surface area contributed by atoms with E-state index in [1.165, 1.54) is 21.8 Å². The third-order valence-corrected chi connectivity index (χ3v) is 3.42. The fourth-order valence-electron chi connectivity index (χ4n) is 1.88. The molecule has 0 spiro atoms. The lowest BCUT2D eigenvalue weighted by Crippen LogP contribution is -2.15. The number of halogens is 1. The van der Waals surface area contributed by atoms with E-state index in [1.807, 2.05) is 18.2 Å². The molecule has 0 aliphatic carbocycles. The minimum absolute atomic E-state index is 0.168. The van der Waals surface area contributed by atoms with E-state index in [4.69, 9.17) is 0 Å². The van der Waals surface area contributed by atoms with Gasteiger partial charge in [-0.3, -0.25) is 9.13 Å². The molecular formula is C14H11BrN6O2. The van der Waals surface area contributed by atoms with Crippen LogP contribution in [0.4, 0.5) is 4.79 Å². The van der Waals surface area contributed by atoms with Crippen LogP contribution in [0.5, 0.6) is 0 Å². The van der Waals surface area contributed by atoms with Gasteiger partial charge in [0.2, 0.25) is 0 Å². The Morgan fingerprint density at radius 1 is 1.00 bits per heavy atom. The van der Waals surface area contributed by atoms with E-state index in [0.717, 1.165) is 15.5 Å². The zero-order valence-electron chi connectivity index (χ0n) is 11.7. The summed E-state index contributed by atoms with van der Waals surface area (Å²) in [5, 5.41) is 0. The maximum absolute atomic E-state index is 11.4. The Morgan fingerprint density at radius 2 is 1.61 bits per heavy atom. The van der Waals surface area contributed by atoms with Crippen molar-refractivity contribution in [2.75, 3.05) is 0 Å². The van der Waals surface area contributed by atoms with Gasteiger partial charge in [-0.2, -0.15) is 0 Å². The van der Waals surface area contributed by atoms with Crippen molar-refractivity contribution in [1.82, 2.24) is 29.1 Å². The molecule has 0 aliphatic heterocycles. The van der Waals surface area contributed by atoms with Gasteiger partial charge in [-0.25, -0.2) is 19.6 Å².